The number of amides is 1. The summed E-state index contributed by atoms with van der Waals surface area (Å²) >= 11 is 0. The van der Waals surface area contributed by atoms with Gasteiger partial charge in [-0.25, -0.2) is 0 Å². The van der Waals surface area contributed by atoms with Crippen LogP contribution >= 0.6 is 0 Å². The first-order chi connectivity index (χ1) is 7.72. The Kier molecular flexibility index (Phi) is 3.27. The molecular formula is C12H19N3O. The maximum atomic E-state index is 12.2. The molecule has 4 heteroatoms. The quantitative estimate of drug-likeness (QED) is 0.765. The first-order valence-corrected chi connectivity index (χ1v) is 6.06. The van der Waals surface area contributed by atoms with Crippen LogP contribution < -0.4 is 0 Å². The summed E-state index contributed by atoms with van der Waals surface area (Å²) in [4.78, 5) is 14.1. The molecule has 1 amide bonds. The molecular weight excluding hydrogens is 202 g/mol. The largest absolute Gasteiger partial charge is 0.335 e. The second kappa shape index (κ2) is 4.68. The second-order valence-corrected chi connectivity index (χ2v) is 4.40. The molecule has 1 atom stereocenters. The number of rotatable bonds is 2. The van der Waals surface area contributed by atoms with E-state index in [1.165, 1.54) is 6.42 Å². The topological polar surface area (TPSA) is 38.1 Å². The first kappa shape index (κ1) is 11.2. The number of piperidine rings is 1. The zero-order valence-electron chi connectivity index (χ0n) is 10.0. The monoisotopic (exact) mass is 221 g/mol. The lowest BCUT2D eigenvalue weighted by Crippen LogP contribution is -2.42. The van der Waals surface area contributed by atoms with E-state index in [4.69, 9.17) is 0 Å². The minimum Gasteiger partial charge on any atom is -0.335 e. The molecule has 0 spiro atoms. The van der Waals surface area contributed by atoms with E-state index in [9.17, 15) is 4.79 Å². The number of aryl methyl sites for hydroxylation is 1. The number of carbonyl (C=O) groups excluding carboxylic acids is 1. The first-order valence-electron chi connectivity index (χ1n) is 6.06. The summed E-state index contributed by atoms with van der Waals surface area (Å²) in [5.74, 6) is 0.0828. The van der Waals surface area contributed by atoms with Crippen molar-refractivity contribution < 1.29 is 4.79 Å². The van der Waals surface area contributed by atoms with Gasteiger partial charge < -0.3 is 4.90 Å². The summed E-state index contributed by atoms with van der Waals surface area (Å²) in [6.07, 6.45) is 5.32. The van der Waals surface area contributed by atoms with Crippen LogP contribution in [0.25, 0.3) is 0 Å². The average molecular weight is 221 g/mol. The van der Waals surface area contributed by atoms with Crippen LogP contribution in [0.3, 0.4) is 0 Å². The highest BCUT2D eigenvalue weighted by Crippen LogP contribution is 2.18. The summed E-state index contributed by atoms with van der Waals surface area (Å²) < 4.78 is 1.79. The lowest BCUT2D eigenvalue weighted by molar-refractivity contribution is 0.0628. The number of hydrogen-bond donors (Lipinski definition) is 0. The molecule has 1 aliphatic rings. The van der Waals surface area contributed by atoms with Gasteiger partial charge in [0.05, 0.1) is 0 Å². The fourth-order valence-corrected chi connectivity index (χ4v) is 2.20. The summed E-state index contributed by atoms with van der Waals surface area (Å²) in [7, 11) is 0. The second-order valence-electron chi connectivity index (χ2n) is 4.40. The van der Waals surface area contributed by atoms with E-state index in [1.54, 1.807) is 4.68 Å². The van der Waals surface area contributed by atoms with Gasteiger partial charge in [0.25, 0.3) is 5.91 Å². The minimum atomic E-state index is 0.0828. The molecule has 0 radical (unpaired) electrons. The lowest BCUT2D eigenvalue weighted by atomic mass is 10.0. The number of aromatic nitrogens is 2. The maximum absolute atomic E-state index is 12.2. The predicted molar refractivity (Wildman–Crippen MR) is 62.3 cm³/mol. The Hall–Kier alpha value is -1.32. The van der Waals surface area contributed by atoms with Crippen molar-refractivity contribution in [1.29, 1.82) is 0 Å². The van der Waals surface area contributed by atoms with Gasteiger partial charge >= 0.3 is 0 Å². The molecule has 0 aliphatic carbocycles. The van der Waals surface area contributed by atoms with Crippen molar-refractivity contribution in [3.05, 3.63) is 18.0 Å². The molecule has 2 rings (SSSR count). The fraction of sp³-hybridized carbons (Fsp3) is 0.667. The third-order valence-corrected chi connectivity index (χ3v) is 3.25. The summed E-state index contributed by atoms with van der Waals surface area (Å²) in [5.41, 5.74) is 0.579. The van der Waals surface area contributed by atoms with E-state index in [0.717, 1.165) is 25.9 Å². The molecule has 1 fully saturated rings. The molecule has 1 aromatic heterocycles. The summed E-state index contributed by atoms with van der Waals surface area (Å²) in [6.45, 7) is 5.82. The molecule has 88 valence electrons. The van der Waals surface area contributed by atoms with E-state index < -0.39 is 0 Å². The van der Waals surface area contributed by atoms with E-state index in [2.05, 4.69) is 12.0 Å². The van der Waals surface area contributed by atoms with Crippen LogP contribution in [0.2, 0.25) is 0 Å². The zero-order valence-corrected chi connectivity index (χ0v) is 10.0. The van der Waals surface area contributed by atoms with E-state index >= 15 is 0 Å². The zero-order chi connectivity index (χ0) is 11.5. The maximum Gasteiger partial charge on any atom is 0.274 e. The van der Waals surface area contributed by atoms with Crippen LogP contribution in [0, 0.1) is 0 Å². The van der Waals surface area contributed by atoms with Gasteiger partial charge in [-0.05, 0) is 39.2 Å². The van der Waals surface area contributed by atoms with Crippen molar-refractivity contribution in [3.8, 4) is 0 Å². The van der Waals surface area contributed by atoms with Crippen molar-refractivity contribution in [2.45, 2.75) is 45.7 Å². The third kappa shape index (κ3) is 2.10. The molecule has 1 aliphatic heterocycles. The van der Waals surface area contributed by atoms with Crippen LogP contribution in [0.15, 0.2) is 12.3 Å². The Balaban J connectivity index is 2.11. The van der Waals surface area contributed by atoms with Gasteiger partial charge in [-0.2, -0.15) is 5.10 Å². The fourth-order valence-electron chi connectivity index (χ4n) is 2.20. The number of hydrogen-bond acceptors (Lipinski definition) is 2. The van der Waals surface area contributed by atoms with Gasteiger partial charge in [0.1, 0.15) is 5.69 Å². The highest BCUT2D eigenvalue weighted by atomic mass is 16.2. The van der Waals surface area contributed by atoms with Crippen molar-refractivity contribution >= 4 is 5.91 Å². The highest BCUT2D eigenvalue weighted by molar-refractivity contribution is 5.92. The molecule has 16 heavy (non-hydrogen) atoms. The third-order valence-electron chi connectivity index (χ3n) is 3.25. The van der Waals surface area contributed by atoms with Crippen LogP contribution in [0.5, 0.6) is 0 Å². The minimum absolute atomic E-state index is 0.0828. The van der Waals surface area contributed by atoms with Crippen molar-refractivity contribution in [3.63, 3.8) is 0 Å². The summed E-state index contributed by atoms with van der Waals surface area (Å²) in [5, 5.41) is 4.26. The Labute approximate surface area is 96.2 Å². The molecule has 2 heterocycles. The van der Waals surface area contributed by atoms with Crippen LogP contribution in [-0.2, 0) is 6.54 Å². The van der Waals surface area contributed by atoms with Gasteiger partial charge in [0.2, 0.25) is 0 Å². The van der Waals surface area contributed by atoms with Gasteiger partial charge in [-0.3, -0.25) is 9.48 Å². The average Bonchev–Trinajstić information content (AvgIpc) is 2.77. The molecule has 0 saturated carbocycles. The van der Waals surface area contributed by atoms with Crippen LogP contribution in [0.1, 0.15) is 43.6 Å². The normalized spacial score (nSPS) is 21.1. The number of likely N-dealkylation sites (tertiary alicyclic amines) is 1. The molecule has 4 nitrogen and oxygen atoms in total. The van der Waals surface area contributed by atoms with Crippen molar-refractivity contribution in [2.24, 2.45) is 0 Å². The standard InChI is InChI=1S/C12H19N3O/c1-3-14-9-7-11(13-14)12(16)15-8-5-4-6-10(15)2/h7,9-10H,3-6,8H2,1-2H3. The number of carbonyl (C=O) groups is 1. The SMILES string of the molecule is CCn1ccc(C(=O)N2CCCCC2C)n1. The molecule has 1 unspecified atom stereocenters. The van der Waals surface area contributed by atoms with Crippen LogP contribution in [0.4, 0.5) is 0 Å². The van der Waals surface area contributed by atoms with Crippen molar-refractivity contribution in [1.82, 2.24) is 14.7 Å². The lowest BCUT2D eigenvalue weighted by Gasteiger charge is -2.32. The molecule has 0 aromatic carbocycles. The molecule has 1 saturated heterocycles. The van der Waals surface area contributed by atoms with Gasteiger partial charge in [-0.1, -0.05) is 0 Å². The Bertz CT molecular complexity index is 372. The molecule has 0 N–H and O–H groups in total. The van der Waals surface area contributed by atoms with E-state index in [1.807, 2.05) is 24.1 Å². The molecule has 0 bridgehead atoms. The van der Waals surface area contributed by atoms with Gasteiger partial charge in [0, 0.05) is 25.3 Å². The molecule has 1 aromatic rings. The Morgan fingerprint density at radius 1 is 1.56 bits per heavy atom. The highest BCUT2D eigenvalue weighted by Gasteiger charge is 2.25. The predicted octanol–water partition coefficient (Wildman–Crippen LogP) is 1.92. The number of nitrogens with zero attached hydrogens (tertiary/aromatic N) is 3. The van der Waals surface area contributed by atoms with E-state index in [0.29, 0.717) is 11.7 Å². The summed E-state index contributed by atoms with van der Waals surface area (Å²) in [6, 6.07) is 2.17. The van der Waals surface area contributed by atoms with Crippen LogP contribution in [-0.4, -0.2) is 33.2 Å². The van der Waals surface area contributed by atoms with Gasteiger partial charge in [-0.15, -0.1) is 0 Å². The van der Waals surface area contributed by atoms with Gasteiger partial charge in [0.15, 0.2) is 0 Å². The Morgan fingerprint density at radius 2 is 2.38 bits per heavy atom. The van der Waals surface area contributed by atoms with E-state index in [-0.39, 0.29) is 5.91 Å². The smallest absolute Gasteiger partial charge is 0.274 e. The Morgan fingerprint density at radius 3 is 3.00 bits per heavy atom. The van der Waals surface area contributed by atoms with Crippen molar-refractivity contribution in [2.75, 3.05) is 6.54 Å².